The van der Waals surface area contributed by atoms with Gasteiger partial charge in [-0.2, -0.15) is 10.2 Å². The van der Waals surface area contributed by atoms with Crippen molar-refractivity contribution in [2.24, 2.45) is 0 Å². The van der Waals surface area contributed by atoms with Crippen LogP contribution in [-0.2, 0) is 9.47 Å². The van der Waals surface area contributed by atoms with Gasteiger partial charge in [-0.25, -0.2) is 19.4 Å². The molecule has 0 amide bonds. The maximum atomic E-state index is 12.8. The smallest absolute Gasteiger partial charge is 0.359 e. The second kappa shape index (κ2) is 9.26. The van der Waals surface area contributed by atoms with Crippen molar-refractivity contribution in [2.45, 2.75) is 39.3 Å². The van der Waals surface area contributed by atoms with Crippen molar-refractivity contribution in [3.63, 3.8) is 0 Å². The molecule has 11 nitrogen and oxygen atoms in total. The number of fused-ring (bicyclic) bond motifs is 1. The number of hydrogen-bond donors (Lipinski definition) is 2. The summed E-state index contributed by atoms with van der Waals surface area (Å²) in [5.41, 5.74) is 16.0. The minimum absolute atomic E-state index is 0.0394. The molecule has 1 aromatic carbocycles. The summed E-state index contributed by atoms with van der Waals surface area (Å²) >= 11 is 0. The second-order valence-corrected chi connectivity index (χ2v) is 8.31. The number of benzene rings is 1. The number of rotatable bonds is 5. The molecule has 4 N–H and O–H groups in total. The van der Waals surface area contributed by atoms with E-state index in [4.69, 9.17) is 25.9 Å². The lowest BCUT2D eigenvalue weighted by Crippen LogP contribution is -2.19. The Morgan fingerprint density at radius 2 is 2.09 bits per heavy atom. The van der Waals surface area contributed by atoms with Crippen LogP contribution in [0.25, 0.3) is 33.5 Å². The monoisotopic (exact) mass is 474 g/mol. The van der Waals surface area contributed by atoms with Crippen molar-refractivity contribution in [3.8, 4) is 22.6 Å². The molecule has 5 rings (SSSR count). The lowest BCUT2D eigenvalue weighted by molar-refractivity contribution is -0.0366. The summed E-state index contributed by atoms with van der Waals surface area (Å²) in [6.45, 7) is 4.55. The minimum Gasteiger partial charge on any atom is -0.461 e. The predicted octanol–water partition coefficient (Wildman–Crippen LogP) is 3.30. The van der Waals surface area contributed by atoms with Crippen molar-refractivity contribution in [1.82, 2.24) is 29.9 Å². The normalized spacial score (nSPS) is 15.9. The first-order valence-corrected chi connectivity index (χ1v) is 11.5. The van der Waals surface area contributed by atoms with Gasteiger partial charge >= 0.3 is 5.97 Å². The first-order chi connectivity index (χ1) is 17.0. The molecule has 0 saturated carbocycles. The van der Waals surface area contributed by atoms with Crippen LogP contribution in [0.1, 0.15) is 48.5 Å². The molecule has 35 heavy (non-hydrogen) atoms. The Bertz CT molecular complexity index is 1410. The maximum absolute atomic E-state index is 12.8. The second-order valence-electron chi connectivity index (χ2n) is 8.31. The van der Waals surface area contributed by atoms with Crippen LogP contribution >= 0.6 is 0 Å². The zero-order valence-corrected chi connectivity index (χ0v) is 19.6. The zero-order valence-electron chi connectivity index (χ0n) is 19.6. The van der Waals surface area contributed by atoms with E-state index >= 15 is 0 Å². The van der Waals surface area contributed by atoms with Gasteiger partial charge in [0.2, 0.25) is 0 Å². The molecule has 1 fully saturated rings. The van der Waals surface area contributed by atoms with E-state index in [1.807, 2.05) is 23.7 Å². The Labute approximate surface area is 201 Å². The Kier molecular flexibility index (Phi) is 6.00. The summed E-state index contributed by atoms with van der Waals surface area (Å²) in [6, 6.07) is 5.62. The number of nitrogens with zero attached hydrogens (tertiary/aromatic N) is 6. The molecule has 1 saturated heterocycles. The van der Waals surface area contributed by atoms with Crippen molar-refractivity contribution >= 4 is 28.4 Å². The lowest BCUT2D eigenvalue weighted by atomic mass is 9.99. The van der Waals surface area contributed by atoms with Crippen molar-refractivity contribution in [1.29, 1.82) is 0 Å². The number of carbonyl (C=O) groups is 1. The molecule has 1 aliphatic rings. The molecule has 0 spiro atoms. The number of aromatic nitrogens is 6. The van der Waals surface area contributed by atoms with E-state index in [2.05, 4.69) is 20.3 Å². The largest absolute Gasteiger partial charge is 0.461 e. The van der Waals surface area contributed by atoms with Gasteiger partial charge in [-0.3, -0.25) is 0 Å². The Morgan fingerprint density at radius 1 is 1.23 bits per heavy atom. The number of aryl methyl sites for hydroxylation is 1. The van der Waals surface area contributed by atoms with Crippen LogP contribution in [0, 0.1) is 6.92 Å². The van der Waals surface area contributed by atoms with Crippen LogP contribution in [0.4, 0.5) is 11.5 Å². The van der Waals surface area contributed by atoms with E-state index in [1.165, 1.54) is 6.20 Å². The highest BCUT2D eigenvalue weighted by molar-refractivity contribution is 6.03. The molecule has 11 heteroatoms. The van der Waals surface area contributed by atoms with Gasteiger partial charge in [0.25, 0.3) is 0 Å². The van der Waals surface area contributed by atoms with E-state index < -0.39 is 5.97 Å². The van der Waals surface area contributed by atoms with Gasteiger partial charge in [-0.1, -0.05) is 6.07 Å². The number of nitrogen functional groups attached to an aromatic ring is 2. The molecular weight excluding hydrogens is 448 g/mol. The third-order valence-electron chi connectivity index (χ3n) is 6.06. The molecule has 0 aliphatic carbocycles. The molecular formula is C24H26N8O3. The van der Waals surface area contributed by atoms with Crippen molar-refractivity contribution in [2.75, 3.05) is 24.7 Å². The summed E-state index contributed by atoms with van der Waals surface area (Å²) in [5, 5.41) is 13.1. The number of ether oxygens (including phenoxy) is 2. The van der Waals surface area contributed by atoms with E-state index in [-0.39, 0.29) is 35.9 Å². The van der Waals surface area contributed by atoms with Gasteiger partial charge in [0, 0.05) is 17.6 Å². The van der Waals surface area contributed by atoms with E-state index in [0.717, 1.165) is 41.3 Å². The predicted molar refractivity (Wildman–Crippen MR) is 130 cm³/mol. The Morgan fingerprint density at radius 3 is 2.83 bits per heavy atom. The fraction of sp³-hybridized carbons (Fsp3) is 0.333. The molecule has 0 bridgehead atoms. The minimum atomic E-state index is -0.647. The number of nitrogens with two attached hydrogens (primary N) is 2. The Balaban J connectivity index is 1.75. The first-order valence-electron chi connectivity index (χ1n) is 11.5. The van der Waals surface area contributed by atoms with E-state index in [0.29, 0.717) is 17.9 Å². The van der Waals surface area contributed by atoms with Gasteiger partial charge in [0.1, 0.15) is 0 Å². The number of anilines is 2. The van der Waals surface area contributed by atoms with E-state index in [1.54, 1.807) is 19.2 Å². The fourth-order valence-corrected chi connectivity index (χ4v) is 4.36. The van der Waals surface area contributed by atoms with Crippen molar-refractivity contribution < 1.29 is 14.3 Å². The zero-order chi connectivity index (χ0) is 24.5. The first kappa shape index (κ1) is 22.7. The summed E-state index contributed by atoms with van der Waals surface area (Å²) in [4.78, 5) is 21.9. The summed E-state index contributed by atoms with van der Waals surface area (Å²) in [6.07, 6.45) is 6.15. The van der Waals surface area contributed by atoms with Crippen molar-refractivity contribution in [3.05, 3.63) is 41.9 Å². The molecule has 1 unspecified atom stereocenters. The van der Waals surface area contributed by atoms with Gasteiger partial charge in [-0.05, 0) is 50.8 Å². The maximum Gasteiger partial charge on any atom is 0.359 e. The SMILES string of the molecule is CCOC(=O)c1nc(-c2ccnnc2N)nc(-c2c(C)ccc3c2cnn3C2CCCCO2)c1N. The quantitative estimate of drug-likeness (QED) is 0.411. The van der Waals surface area contributed by atoms with Crippen LogP contribution in [-0.4, -0.2) is 49.1 Å². The number of carbonyl (C=O) groups excluding carboxylic acids is 1. The van der Waals surface area contributed by atoms with E-state index in [9.17, 15) is 4.79 Å². The lowest BCUT2D eigenvalue weighted by Gasteiger charge is -2.23. The average Bonchev–Trinajstić information content (AvgIpc) is 3.30. The fourth-order valence-electron chi connectivity index (χ4n) is 4.36. The molecule has 0 radical (unpaired) electrons. The van der Waals surface area contributed by atoms with Gasteiger partial charge in [-0.15, -0.1) is 5.10 Å². The van der Waals surface area contributed by atoms with Crippen LogP contribution in [0.3, 0.4) is 0 Å². The summed E-state index contributed by atoms with van der Waals surface area (Å²) < 4.78 is 13.1. The molecule has 180 valence electrons. The third kappa shape index (κ3) is 4.03. The van der Waals surface area contributed by atoms with Gasteiger partial charge in [0.05, 0.1) is 41.5 Å². The van der Waals surface area contributed by atoms with Crippen LogP contribution in [0.2, 0.25) is 0 Å². The third-order valence-corrected chi connectivity index (χ3v) is 6.06. The molecule has 4 heterocycles. The number of esters is 1. The highest BCUT2D eigenvalue weighted by Crippen LogP contribution is 2.38. The van der Waals surface area contributed by atoms with Crippen LogP contribution in [0.15, 0.2) is 30.6 Å². The highest BCUT2D eigenvalue weighted by Gasteiger charge is 2.26. The van der Waals surface area contributed by atoms with Gasteiger partial charge in [0.15, 0.2) is 23.6 Å². The summed E-state index contributed by atoms with van der Waals surface area (Å²) in [7, 11) is 0. The number of hydrogen-bond acceptors (Lipinski definition) is 10. The molecule has 3 aromatic heterocycles. The topological polar surface area (TPSA) is 157 Å². The summed E-state index contributed by atoms with van der Waals surface area (Å²) in [5.74, 6) is -0.314. The Hall–Kier alpha value is -4.12. The standard InChI is InChI=1S/C24H26N8O3/c1-3-34-24(33)21-19(25)20(29-23(30-21)14-9-10-27-31-22(14)26)18-13(2)7-8-16-15(18)12-28-32(16)17-6-4-5-11-35-17/h7-10,12,17H,3-6,11,25H2,1-2H3,(H2,26,31). The van der Waals surface area contributed by atoms with Gasteiger partial charge < -0.3 is 20.9 Å². The van der Waals surface area contributed by atoms with Crippen LogP contribution in [0.5, 0.6) is 0 Å². The highest BCUT2D eigenvalue weighted by atomic mass is 16.5. The molecule has 1 atom stereocenters. The molecule has 4 aromatic rings. The average molecular weight is 475 g/mol. The molecule has 1 aliphatic heterocycles. The van der Waals surface area contributed by atoms with Crippen LogP contribution < -0.4 is 11.5 Å².